The highest BCUT2D eigenvalue weighted by atomic mass is 79.9. The van der Waals surface area contributed by atoms with Gasteiger partial charge in [-0.15, -0.1) is 0 Å². The molecule has 2 aromatic carbocycles. The third-order valence-electron chi connectivity index (χ3n) is 3.23. The number of rotatable bonds is 3. The number of H-pyrrole nitrogens is 1. The molecule has 0 atom stereocenters. The molecule has 0 saturated heterocycles. The van der Waals surface area contributed by atoms with Crippen molar-refractivity contribution in [1.29, 1.82) is 0 Å². The summed E-state index contributed by atoms with van der Waals surface area (Å²) in [4.78, 5) is 3.04. The average molecular weight is 484 g/mol. The molecular weight excluding hydrogens is 472 g/mol. The summed E-state index contributed by atoms with van der Waals surface area (Å²) in [5, 5.41) is 3.58. The van der Waals surface area contributed by atoms with E-state index in [4.69, 9.17) is 24.4 Å². The fraction of sp³-hybridized carbons (Fsp3) is 0. The first kappa shape index (κ1) is 17.3. The van der Waals surface area contributed by atoms with E-state index in [9.17, 15) is 0 Å². The van der Waals surface area contributed by atoms with Crippen molar-refractivity contribution in [2.24, 2.45) is 0 Å². The maximum Gasteiger partial charge on any atom is 0.196 e. The molecule has 0 aliphatic carbocycles. The van der Waals surface area contributed by atoms with Gasteiger partial charge < -0.3 is 10.3 Å². The van der Waals surface area contributed by atoms with Crippen molar-refractivity contribution in [3.05, 3.63) is 68.4 Å². The van der Waals surface area contributed by atoms with E-state index in [1.54, 1.807) is 4.68 Å². The Morgan fingerprint density at radius 1 is 0.958 bits per heavy atom. The number of thiocarbonyl (C=S) groups is 1. The number of nitrogens with zero attached hydrogens (tertiary/aromatic N) is 1. The van der Waals surface area contributed by atoms with Crippen LogP contribution in [0.1, 0.15) is 0 Å². The summed E-state index contributed by atoms with van der Waals surface area (Å²) in [7, 11) is 0. The quantitative estimate of drug-likeness (QED) is 0.419. The summed E-state index contributed by atoms with van der Waals surface area (Å²) in [5.74, 6) is 0. The minimum Gasteiger partial charge on any atom is -0.335 e. The Morgan fingerprint density at radius 2 is 1.54 bits per heavy atom. The predicted octanol–water partition coefficient (Wildman–Crippen LogP) is 5.68. The van der Waals surface area contributed by atoms with Crippen LogP contribution in [0.4, 0.5) is 5.69 Å². The van der Waals surface area contributed by atoms with E-state index in [0.717, 1.165) is 25.9 Å². The van der Waals surface area contributed by atoms with E-state index in [0.29, 0.717) is 9.88 Å². The average Bonchev–Trinajstić information content (AvgIpc) is 2.91. The van der Waals surface area contributed by atoms with Crippen molar-refractivity contribution in [1.82, 2.24) is 9.66 Å². The Balaban J connectivity index is 1.81. The second-order valence-electron chi connectivity index (χ2n) is 4.89. The lowest BCUT2D eigenvalue weighted by Gasteiger charge is -2.14. The number of hydrogen-bond acceptors (Lipinski definition) is 2. The second kappa shape index (κ2) is 7.60. The van der Waals surface area contributed by atoms with Crippen LogP contribution in [0, 0.1) is 4.77 Å². The summed E-state index contributed by atoms with van der Waals surface area (Å²) in [6, 6.07) is 15.7. The minimum atomic E-state index is 0.450. The van der Waals surface area contributed by atoms with Gasteiger partial charge in [0.25, 0.3) is 0 Å². The lowest BCUT2D eigenvalue weighted by molar-refractivity contribution is 0.962. The molecule has 0 amide bonds. The van der Waals surface area contributed by atoms with Gasteiger partial charge in [-0.3, -0.25) is 5.43 Å². The lowest BCUT2D eigenvalue weighted by Crippen LogP contribution is -2.28. The molecule has 3 N–H and O–H groups in total. The number of benzene rings is 2. The third-order valence-corrected chi connectivity index (χ3v) is 4.78. The summed E-state index contributed by atoms with van der Waals surface area (Å²) in [6.07, 6.45) is 1.85. The zero-order valence-electron chi connectivity index (χ0n) is 12.2. The van der Waals surface area contributed by atoms with Gasteiger partial charge in [-0.25, -0.2) is 4.68 Å². The van der Waals surface area contributed by atoms with Crippen LogP contribution in [0.3, 0.4) is 0 Å². The van der Waals surface area contributed by atoms with Gasteiger partial charge in [0.05, 0.1) is 5.69 Å². The molecule has 122 valence electrons. The molecule has 0 unspecified atom stereocenters. The Kier molecular flexibility index (Phi) is 5.50. The summed E-state index contributed by atoms with van der Waals surface area (Å²) < 4.78 is 4.31. The van der Waals surface area contributed by atoms with Crippen LogP contribution in [0.2, 0.25) is 0 Å². The number of imidazole rings is 1. The van der Waals surface area contributed by atoms with Gasteiger partial charge in [0, 0.05) is 26.4 Å². The molecule has 0 radical (unpaired) electrons. The van der Waals surface area contributed by atoms with Crippen LogP contribution in [-0.2, 0) is 0 Å². The monoisotopic (exact) mass is 482 g/mol. The van der Waals surface area contributed by atoms with Crippen molar-refractivity contribution in [3.8, 4) is 11.3 Å². The Morgan fingerprint density at radius 3 is 2.17 bits per heavy atom. The highest BCUT2D eigenvalue weighted by molar-refractivity contribution is 9.10. The molecule has 8 heteroatoms. The number of aromatic nitrogens is 2. The number of halogens is 2. The van der Waals surface area contributed by atoms with E-state index < -0.39 is 0 Å². The topological polar surface area (TPSA) is 44.8 Å². The standard InChI is InChI=1S/C16H12Br2N4S2/c17-11-3-1-10(2-4-11)14-9-19-16(24)22(14)21-15(23)20-13-7-5-12(18)6-8-13/h1-9H,(H,19,24)(H2,20,21,23). The van der Waals surface area contributed by atoms with Crippen LogP contribution in [0.15, 0.2) is 63.7 Å². The van der Waals surface area contributed by atoms with Crippen molar-refractivity contribution in [3.63, 3.8) is 0 Å². The molecule has 0 spiro atoms. The number of aromatic amines is 1. The molecule has 0 fully saturated rings. The van der Waals surface area contributed by atoms with Crippen molar-refractivity contribution < 1.29 is 0 Å². The zero-order chi connectivity index (χ0) is 17.1. The van der Waals surface area contributed by atoms with E-state index in [1.165, 1.54) is 0 Å². The molecular formula is C16H12Br2N4S2. The summed E-state index contributed by atoms with van der Waals surface area (Å²) in [6.45, 7) is 0. The first-order chi connectivity index (χ1) is 11.5. The Labute approximate surface area is 166 Å². The van der Waals surface area contributed by atoms with Crippen LogP contribution >= 0.6 is 56.3 Å². The lowest BCUT2D eigenvalue weighted by atomic mass is 10.2. The molecule has 0 saturated carbocycles. The maximum absolute atomic E-state index is 5.38. The molecule has 1 heterocycles. The van der Waals surface area contributed by atoms with E-state index in [1.807, 2.05) is 54.7 Å². The number of nitrogens with one attached hydrogen (secondary N) is 3. The molecule has 1 aromatic heterocycles. The summed E-state index contributed by atoms with van der Waals surface area (Å²) >= 11 is 17.6. The Bertz CT molecular complexity index is 915. The predicted molar refractivity (Wildman–Crippen MR) is 112 cm³/mol. The number of hydrogen-bond donors (Lipinski definition) is 3. The highest BCUT2D eigenvalue weighted by Gasteiger charge is 2.08. The highest BCUT2D eigenvalue weighted by Crippen LogP contribution is 2.21. The molecule has 4 nitrogen and oxygen atoms in total. The largest absolute Gasteiger partial charge is 0.335 e. The minimum absolute atomic E-state index is 0.450. The third kappa shape index (κ3) is 4.13. The van der Waals surface area contributed by atoms with Crippen LogP contribution < -0.4 is 10.7 Å². The molecule has 0 bridgehead atoms. The molecule has 3 rings (SSSR count). The van der Waals surface area contributed by atoms with Gasteiger partial charge in [0.1, 0.15) is 0 Å². The van der Waals surface area contributed by atoms with Crippen molar-refractivity contribution in [2.45, 2.75) is 0 Å². The van der Waals surface area contributed by atoms with Gasteiger partial charge >= 0.3 is 0 Å². The Hall–Kier alpha value is -1.48. The smallest absolute Gasteiger partial charge is 0.196 e. The molecule has 0 aliphatic heterocycles. The molecule has 24 heavy (non-hydrogen) atoms. The van der Waals surface area contributed by atoms with Gasteiger partial charge in [-0.2, -0.15) is 0 Å². The van der Waals surface area contributed by atoms with E-state index >= 15 is 0 Å². The SMILES string of the molecule is S=C(Nc1ccc(Br)cc1)Nn1c(-c2ccc(Br)cc2)c[nH]c1=S. The van der Waals surface area contributed by atoms with Crippen LogP contribution in [-0.4, -0.2) is 14.8 Å². The van der Waals surface area contributed by atoms with Crippen LogP contribution in [0.5, 0.6) is 0 Å². The van der Waals surface area contributed by atoms with Gasteiger partial charge in [0.15, 0.2) is 9.88 Å². The number of anilines is 1. The van der Waals surface area contributed by atoms with Gasteiger partial charge in [-0.1, -0.05) is 44.0 Å². The van der Waals surface area contributed by atoms with E-state index in [-0.39, 0.29) is 0 Å². The zero-order valence-corrected chi connectivity index (χ0v) is 17.0. The van der Waals surface area contributed by atoms with Gasteiger partial charge in [-0.05, 0) is 60.8 Å². The van der Waals surface area contributed by atoms with Crippen LogP contribution in [0.25, 0.3) is 11.3 Å². The fourth-order valence-electron chi connectivity index (χ4n) is 2.11. The maximum atomic E-state index is 5.38. The van der Waals surface area contributed by atoms with E-state index in [2.05, 4.69) is 47.6 Å². The normalized spacial score (nSPS) is 10.4. The summed E-state index contributed by atoms with van der Waals surface area (Å²) in [5.41, 5.74) is 5.92. The molecule has 0 aliphatic rings. The van der Waals surface area contributed by atoms with Crippen molar-refractivity contribution >= 4 is 67.1 Å². The first-order valence-corrected chi connectivity index (χ1v) is 9.33. The fourth-order valence-corrected chi connectivity index (χ4v) is 3.05. The second-order valence-corrected chi connectivity index (χ2v) is 7.52. The van der Waals surface area contributed by atoms with Gasteiger partial charge in [0.2, 0.25) is 0 Å². The van der Waals surface area contributed by atoms with Crippen molar-refractivity contribution in [2.75, 3.05) is 10.7 Å². The molecule has 3 aromatic rings. The first-order valence-electron chi connectivity index (χ1n) is 6.93.